The van der Waals surface area contributed by atoms with Crippen molar-refractivity contribution in [2.24, 2.45) is 10.9 Å². The summed E-state index contributed by atoms with van der Waals surface area (Å²) in [7, 11) is 1.85. The van der Waals surface area contributed by atoms with Gasteiger partial charge in [0.2, 0.25) is 0 Å². The van der Waals surface area contributed by atoms with Gasteiger partial charge in [-0.25, -0.2) is 0 Å². The van der Waals surface area contributed by atoms with Gasteiger partial charge in [-0.05, 0) is 55.4 Å². The summed E-state index contributed by atoms with van der Waals surface area (Å²) in [5.74, 6) is 2.83. The van der Waals surface area contributed by atoms with Gasteiger partial charge in [-0.2, -0.15) is 11.8 Å². The van der Waals surface area contributed by atoms with Crippen LogP contribution in [0.5, 0.6) is 0 Å². The van der Waals surface area contributed by atoms with E-state index in [9.17, 15) is 0 Å². The van der Waals surface area contributed by atoms with E-state index in [1.54, 1.807) is 0 Å². The number of benzene rings is 1. The summed E-state index contributed by atoms with van der Waals surface area (Å²) in [6.45, 7) is 4.21. The highest BCUT2D eigenvalue weighted by Crippen LogP contribution is 2.25. The summed E-state index contributed by atoms with van der Waals surface area (Å²) in [6, 6.07) is 8.57. The second-order valence-corrected chi connectivity index (χ2v) is 8.06. The molecule has 1 aliphatic heterocycles. The molecular formula is C18H29BrN4S. The molecule has 1 atom stereocenters. The predicted octanol–water partition coefficient (Wildman–Crippen LogP) is 3.58. The van der Waals surface area contributed by atoms with Gasteiger partial charge in [-0.3, -0.25) is 4.99 Å². The molecule has 24 heavy (non-hydrogen) atoms. The van der Waals surface area contributed by atoms with Gasteiger partial charge in [0.05, 0.1) is 0 Å². The maximum atomic E-state index is 4.33. The minimum atomic E-state index is 0.666. The molecule has 2 N–H and O–H groups in total. The van der Waals surface area contributed by atoms with E-state index in [2.05, 4.69) is 67.0 Å². The van der Waals surface area contributed by atoms with E-state index in [1.807, 2.05) is 18.8 Å². The summed E-state index contributed by atoms with van der Waals surface area (Å²) in [5.41, 5.74) is 1.31. The Kier molecular flexibility index (Phi) is 8.81. The van der Waals surface area contributed by atoms with Crippen molar-refractivity contribution in [1.82, 2.24) is 10.6 Å². The SMILES string of the molecule is CN=C(NCCCCSC)NCC1CCN(c2cccc(Br)c2)C1. The molecule has 0 bridgehead atoms. The molecule has 1 saturated heterocycles. The lowest BCUT2D eigenvalue weighted by molar-refractivity contribution is 0.565. The normalized spacial score (nSPS) is 18.0. The number of unbranched alkanes of at least 4 members (excludes halogenated alkanes) is 1. The second kappa shape index (κ2) is 10.9. The standard InChI is InChI=1S/C18H29BrN4S/c1-20-18(21-9-3-4-11-24-2)22-13-15-8-10-23(14-15)17-7-5-6-16(19)12-17/h5-7,12,15H,3-4,8-11,13-14H2,1-2H3,(H2,20,21,22). The molecular weight excluding hydrogens is 384 g/mol. The molecule has 2 rings (SSSR count). The number of aliphatic imine (C=N–C) groups is 1. The predicted molar refractivity (Wildman–Crippen MR) is 111 cm³/mol. The molecule has 1 aromatic carbocycles. The van der Waals surface area contributed by atoms with Gasteiger partial charge in [-0.15, -0.1) is 0 Å². The van der Waals surface area contributed by atoms with Crippen LogP contribution in [0.3, 0.4) is 0 Å². The first-order chi connectivity index (χ1) is 11.7. The Morgan fingerprint density at radius 3 is 3.00 bits per heavy atom. The number of guanidine groups is 1. The lowest BCUT2D eigenvalue weighted by Crippen LogP contribution is -2.40. The van der Waals surface area contributed by atoms with E-state index < -0.39 is 0 Å². The first-order valence-corrected chi connectivity index (χ1v) is 10.9. The highest BCUT2D eigenvalue weighted by molar-refractivity contribution is 9.10. The van der Waals surface area contributed by atoms with Gasteiger partial charge >= 0.3 is 0 Å². The van der Waals surface area contributed by atoms with Gasteiger partial charge in [-0.1, -0.05) is 22.0 Å². The van der Waals surface area contributed by atoms with Gasteiger partial charge in [0.25, 0.3) is 0 Å². The molecule has 0 amide bonds. The first kappa shape index (κ1) is 19.4. The number of thioether (sulfide) groups is 1. The van der Waals surface area contributed by atoms with Crippen molar-refractivity contribution in [1.29, 1.82) is 0 Å². The quantitative estimate of drug-likeness (QED) is 0.388. The van der Waals surface area contributed by atoms with Crippen molar-refractivity contribution < 1.29 is 0 Å². The van der Waals surface area contributed by atoms with Crippen LogP contribution in [0, 0.1) is 5.92 Å². The Labute approximate surface area is 159 Å². The maximum Gasteiger partial charge on any atom is 0.190 e. The van der Waals surface area contributed by atoms with Gasteiger partial charge < -0.3 is 15.5 Å². The summed E-state index contributed by atoms with van der Waals surface area (Å²) < 4.78 is 1.15. The second-order valence-electron chi connectivity index (χ2n) is 6.16. The number of hydrogen-bond acceptors (Lipinski definition) is 3. The molecule has 0 aliphatic carbocycles. The van der Waals surface area contributed by atoms with E-state index in [1.165, 1.54) is 30.7 Å². The lowest BCUT2D eigenvalue weighted by Gasteiger charge is -2.19. The van der Waals surface area contributed by atoms with Crippen LogP contribution in [0.2, 0.25) is 0 Å². The fourth-order valence-corrected chi connectivity index (χ4v) is 3.83. The van der Waals surface area contributed by atoms with Crippen LogP contribution in [-0.4, -0.2) is 51.2 Å². The van der Waals surface area contributed by atoms with Crippen molar-refractivity contribution in [2.75, 3.05) is 50.1 Å². The highest BCUT2D eigenvalue weighted by atomic mass is 79.9. The van der Waals surface area contributed by atoms with Crippen LogP contribution in [-0.2, 0) is 0 Å². The Hall–Kier alpha value is -0.880. The summed E-state index contributed by atoms with van der Waals surface area (Å²) in [5, 5.41) is 6.90. The number of nitrogens with one attached hydrogen (secondary N) is 2. The largest absolute Gasteiger partial charge is 0.371 e. The van der Waals surface area contributed by atoms with Gasteiger partial charge in [0, 0.05) is 43.4 Å². The fraction of sp³-hybridized carbons (Fsp3) is 0.611. The van der Waals surface area contributed by atoms with E-state index in [-0.39, 0.29) is 0 Å². The number of halogens is 1. The van der Waals surface area contributed by atoms with Crippen LogP contribution < -0.4 is 15.5 Å². The highest BCUT2D eigenvalue weighted by Gasteiger charge is 2.22. The molecule has 0 radical (unpaired) electrons. The van der Waals surface area contributed by atoms with E-state index in [0.717, 1.165) is 36.6 Å². The third kappa shape index (κ3) is 6.55. The summed E-state index contributed by atoms with van der Waals surface area (Å²) in [4.78, 5) is 6.79. The summed E-state index contributed by atoms with van der Waals surface area (Å²) in [6.07, 6.45) is 5.84. The molecule has 0 saturated carbocycles. The van der Waals surface area contributed by atoms with Crippen molar-refractivity contribution in [3.8, 4) is 0 Å². The van der Waals surface area contributed by atoms with Crippen LogP contribution >= 0.6 is 27.7 Å². The van der Waals surface area contributed by atoms with Crippen LogP contribution in [0.15, 0.2) is 33.7 Å². The third-order valence-electron chi connectivity index (χ3n) is 4.31. The van der Waals surface area contributed by atoms with Crippen molar-refractivity contribution in [3.63, 3.8) is 0 Å². The smallest absolute Gasteiger partial charge is 0.190 e. The molecule has 6 heteroatoms. The van der Waals surface area contributed by atoms with E-state index >= 15 is 0 Å². The fourth-order valence-electron chi connectivity index (χ4n) is 2.95. The summed E-state index contributed by atoms with van der Waals surface area (Å²) >= 11 is 5.47. The Morgan fingerprint density at radius 2 is 2.25 bits per heavy atom. The molecule has 0 spiro atoms. The number of anilines is 1. The van der Waals surface area contributed by atoms with Crippen molar-refractivity contribution in [3.05, 3.63) is 28.7 Å². The van der Waals surface area contributed by atoms with E-state index in [4.69, 9.17) is 0 Å². The molecule has 4 nitrogen and oxygen atoms in total. The van der Waals surface area contributed by atoms with Gasteiger partial charge in [0.1, 0.15) is 0 Å². The monoisotopic (exact) mass is 412 g/mol. The Morgan fingerprint density at radius 1 is 1.38 bits per heavy atom. The average molecular weight is 413 g/mol. The van der Waals surface area contributed by atoms with Gasteiger partial charge in [0.15, 0.2) is 5.96 Å². The zero-order valence-electron chi connectivity index (χ0n) is 14.7. The van der Waals surface area contributed by atoms with Crippen LogP contribution in [0.25, 0.3) is 0 Å². The zero-order chi connectivity index (χ0) is 17.2. The first-order valence-electron chi connectivity index (χ1n) is 8.67. The molecule has 1 unspecified atom stereocenters. The van der Waals surface area contributed by atoms with Crippen LogP contribution in [0.4, 0.5) is 5.69 Å². The number of nitrogens with zero attached hydrogens (tertiary/aromatic N) is 2. The van der Waals surface area contributed by atoms with E-state index in [0.29, 0.717) is 5.92 Å². The molecule has 1 heterocycles. The number of rotatable bonds is 8. The molecule has 1 aliphatic rings. The lowest BCUT2D eigenvalue weighted by atomic mass is 10.1. The molecule has 1 aromatic rings. The van der Waals surface area contributed by atoms with Crippen molar-refractivity contribution >= 4 is 39.3 Å². The Bertz CT molecular complexity index is 523. The topological polar surface area (TPSA) is 39.7 Å². The molecule has 0 aromatic heterocycles. The third-order valence-corrected chi connectivity index (χ3v) is 5.50. The van der Waals surface area contributed by atoms with Crippen LogP contribution in [0.1, 0.15) is 19.3 Å². The average Bonchev–Trinajstić information content (AvgIpc) is 3.06. The number of hydrogen-bond donors (Lipinski definition) is 2. The maximum absolute atomic E-state index is 4.33. The minimum absolute atomic E-state index is 0.666. The zero-order valence-corrected chi connectivity index (χ0v) is 17.1. The molecule has 1 fully saturated rings. The molecule has 134 valence electrons. The minimum Gasteiger partial charge on any atom is -0.371 e. The van der Waals surface area contributed by atoms with Crippen molar-refractivity contribution in [2.45, 2.75) is 19.3 Å². The Balaban J connectivity index is 1.69.